The third-order valence-corrected chi connectivity index (χ3v) is 6.27. The van der Waals surface area contributed by atoms with Crippen LogP contribution in [0.15, 0.2) is 77.7 Å². The Labute approximate surface area is 193 Å². The molecule has 2 amide bonds. The Morgan fingerprint density at radius 1 is 0.879 bits per heavy atom. The van der Waals surface area contributed by atoms with E-state index in [4.69, 9.17) is 4.74 Å². The van der Waals surface area contributed by atoms with Gasteiger partial charge in [0, 0.05) is 12.1 Å². The molecule has 0 fully saturated rings. The number of benzene rings is 3. The summed E-state index contributed by atoms with van der Waals surface area (Å²) in [6.45, 7) is 2.02. The number of hydrazine groups is 1. The van der Waals surface area contributed by atoms with Gasteiger partial charge in [-0.25, -0.2) is 13.1 Å². The molecule has 3 rings (SSSR count). The molecule has 0 atom stereocenters. The smallest absolute Gasteiger partial charge is 0.269 e. The average Bonchev–Trinajstić information content (AvgIpc) is 2.83. The molecule has 0 saturated carbocycles. The van der Waals surface area contributed by atoms with Crippen LogP contribution in [0.1, 0.15) is 27.0 Å². The molecule has 0 saturated heterocycles. The van der Waals surface area contributed by atoms with Crippen LogP contribution >= 0.6 is 0 Å². The zero-order chi connectivity index (χ0) is 23.8. The second kappa shape index (κ2) is 10.8. The van der Waals surface area contributed by atoms with Crippen LogP contribution in [0.3, 0.4) is 0 Å². The fraction of sp³-hybridized carbons (Fsp3) is 0.167. The Bertz CT molecular complexity index is 1240. The van der Waals surface area contributed by atoms with Gasteiger partial charge in [-0.15, -0.1) is 0 Å². The monoisotopic (exact) mass is 467 g/mol. The Morgan fingerprint density at radius 2 is 1.64 bits per heavy atom. The lowest BCUT2D eigenvalue weighted by Gasteiger charge is -2.11. The van der Waals surface area contributed by atoms with Gasteiger partial charge in [0.25, 0.3) is 5.91 Å². The molecule has 33 heavy (non-hydrogen) atoms. The van der Waals surface area contributed by atoms with E-state index in [-0.39, 0.29) is 23.4 Å². The van der Waals surface area contributed by atoms with Crippen molar-refractivity contribution in [2.24, 2.45) is 0 Å². The maximum absolute atomic E-state index is 12.6. The predicted molar refractivity (Wildman–Crippen MR) is 124 cm³/mol. The largest absolute Gasteiger partial charge is 0.496 e. The number of nitrogens with one attached hydrogen (secondary N) is 3. The van der Waals surface area contributed by atoms with Crippen molar-refractivity contribution in [2.75, 3.05) is 7.11 Å². The second-order valence-corrected chi connectivity index (χ2v) is 9.09. The number of ether oxygens (including phenoxy) is 1. The molecule has 0 spiro atoms. The van der Waals surface area contributed by atoms with Crippen LogP contribution in [0.2, 0.25) is 0 Å². The minimum Gasteiger partial charge on any atom is -0.496 e. The van der Waals surface area contributed by atoms with Crippen LogP contribution in [0.5, 0.6) is 5.75 Å². The molecule has 0 aliphatic heterocycles. The topological polar surface area (TPSA) is 114 Å². The summed E-state index contributed by atoms with van der Waals surface area (Å²) in [6, 6.07) is 20.1. The van der Waals surface area contributed by atoms with Crippen molar-refractivity contribution in [3.05, 3.63) is 95.1 Å². The first-order chi connectivity index (χ1) is 15.8. The third-order valence-electron chi connectivity index (χ3n) is 4.87. The highest BCUT2D eigenvalue weighted by molar-refractivity contribution is 7.89. The molecule has 0 unspecified atom stereocenters. The second-order valence-electron chi connectivity index (χ2n) is 7.32. The summed E-state index contributed by atoms with van der Waals surface area (Å²) in [6.07, 6.45) is 0.0365. The first-order valence-electron chi connectivity index (χ1n) is 10.1. The number of amides is 2. The molecule has 0 aromatic heterocycles. The first kappa shape index (κ1) is 24.0. The van der Waals surface area contributed by atoms with Gasteiger partial charge in [0.2, 0.25) is 15.9 Å². The highest BCUT2D eigenvalue weighted by Crippen LogP contribution is 2.19. The third kappa shape index (κ3) is 6.64. The molecule has 0 heterocycles. The van der Waals surface area contributed by atoms with Crippen molar-refractivity contribution in [3.63, 3.8) is 0 Å². The number of rotatable bonds is 8. The average molecular weight is 468 g/mol. The van der Waals surface area contributed by atoms with Crippen LogP contribution in [-0.2, 0) is 27.8 Å². The van der Waals surface area contributed by atoms with Gasteiger partial charge in [-0.1, -0.05) is 48.5 Å². The molecule has 0 radical (unpaired) electrons. The van der Waals surface area contributed by atoms with E-state index in [1.807, 2.05) is 43.3 Å². The minimum atomic E-state index is -3.83. The standard InChI is InChI=1S/C24H25N3O5S/c1-17-11-12-19(13-22(17)32-2)14-23(28)26-27-24(29)20-9-6-10-21(15-20)33(30,31)25-16-18-7-4-3-5-8-18/h3-13,15,25H,14,16H2,1-2H3,(H,26,28)(H,27,29). The van der Waals surface area contributed by atoms with Crippen LogP contribution in [0, 0.1) is 6.92 Å². The molecule has 8 nitrogen and oxygen atoms in total. The van der Waals surface area contributed by atoms with Gasteiger partial charge in [-0.05, 0) is 47.9 Å². The van der Waals surface area contributed by atoms with Crippen LogP contribution in [0.4, 0.5) is 0 Å². The Kier molecular flexibility index (Phi) is 7.81. The maximum atomic E-state index is 12.6. The van der Waals surface area contributed by atoms with E-state index in [9.17, 15) is 18.0 Å². The van der Waals surface area contributed by atoms with E-state index >= 15 is 0 Å². The number of methoxy groups -OCH3 is 1. The van der Waals surface area contributed by atoms with Gasteiger partial charge < -0.3 is 4.74 Å². The Morgan fingerprint density at radius 3 is 2.36 bits per heavy atom. The number of aryl methyl sites for hydroxylation is 1. The van der Waals surface area contributed by atoms with E-state index in [1.54, 1.807) is 19.2 Å². The molecule has 0 aliphatic rings. The van der Waals surface area contributed by atoms with Crippen molar-refractivity contribution in [2.45, 2.75) is 24.8 Å². The number of carbonyl (C=O) groups excluding carboxylic acids is 2. The van der Waals surface area contributed by atoms with Crippen molar-refractivity contribution in [1.29, 1.82) is 0 Å². The van der Waals surface area contributed by atoms with Gasteiger partial charge in [-0.3, -0.25) is 20.4 Å². The summed E-state index contributed by atoms with van der Waals surface area (Å²) in [5.41, 5.74) is 7.23. The lowest BCUT2D eigenvalue weighted by molar-refractivity contribution is -0.121. The van der Waals surface area contributed by atoms with Gasteiger partial charge in [0.05, 0.1) is 18.4 Å². The molecule has 172 valence electrons. The summed E-state index contributed by atoms with van der Waals surface area (Å²) >= 11 is 0. The predicted octanol–water partition coefficient (Wildman–Crippen LogP) is 2.49. The first-order valence-corrected chi connectivity index (χ1v) is 11.6. The summed E-state index contributed by atoms with van der Waals surface area (Å²) in [4.78, 5) is 24.6. The molecule has 3 N–H and O–H groups in total. The highest BCUT2D eigenvalue weighted by Gasteiger charge is 2.16. The van der Waals surface area contributed by atoms with E-state index < -0.39 is 21.8 Å². The molecular weight excluding hydrogens is 442 g/mol. The Balaban J connectivity index is 1.59. The fourth-order valence-corrected chi connectivity index (χ4v) is 4.13. The number of hydrogen-bond acceptors (Lipinski definition) is 5. The lowest BCUT2D eigenvalue weighted by Crippen LogP contribution is -2.42. The van der Waals surface area contributed by atoms with Crippen LogP contribution in [-0.4, -0.2) is 27.3 Å². The number of sulfonamides is 1. The van der Waals surface area contributed by atoms with Gasteiger partial charge in [-0.2, -0.15) is 0 Å². The number of carbonyl (C=O) groups is 2. The molecule has 9 heteroatoms. The van der Waals surface area contributed by atoms with Crippen LogP contribution < -0.4 is 20.3 Å². The van der Waals surface area contributed by atoms with E-state index in [2.05, 4.69) is 15.6 Å². The molecule has 3 aromatic carbocycles. The number of hydrogen-bond donors (Lipinski definition) is 3. The van der Waals surface area contributed by atoms with E-state index in [0.29, 0.717) is 5.75 Å². The quantitative estimate of drug-likeness (QED) is 0.441. The molecule has 0 bridgehead atoms. The summed E-state index contributed by atoms with van der Waals surface area (Å²) in [5.74, 6) is -0.393. The Hall–Kier alpha value is -3.69. The minimum absolute atomic E-state index is 0.0365. The fourth-order valence-electron chi connectivity index (χ4n) is 3.06. The highest BCUT2D eigenvalue weighted by atomic mass is 32.2. The van der Waals surface area contributed by atoms with E-state index in [0.717, 1.165) is 16.7 Å². The maximum Gasteiger partial charge on any atom is 0.269 e. The van der Waals surface area contributed by atoms with E-state index in [1.165, 1.54) is 24.3 Å². The SMILES string of the molecule is COc1cc(CC(=O)NNC(=O)c2cccc(S(=O)(=O)NCc3ccccc3)c2)ccc1C. The van der Waals surface area contributed by atoms with Gasteiger partial charge in [0.15, 0.2) is 0 Å². The van der Waals surface area contributed by atoms with Crippen molar-refractivity contribution < 1.29 is 22.7 Å². The normalized spacial score (nSPS) is 11.0. The van der Waals surface area contributed by atoms with Gasteiger partial charge >= 0.3 is 0 Å². The zero-order valence-corrected chi connectivity index (χ0v) is 19.1. The molecule has 0 aliphatic carbocycles. The van der Waals surface area contributed by atoms with Gasteiger partial charge in [0.1, 0.15) is 5.75 Å². The summed E-state index contributed by atoms with van der Waals surface area (Å²) in [5, 5.41) is 0. The molecular formula is C24H25N3O5S. The van der Waals surface area contributed by atoms with Crippen molar-refractivity contribution in [1.82, 2.24) is 15.6 Å². The summed E-state index contributed by atoms with van der Waals surface area (Å²) in [7, 11) is -2.27. The lowest BCUT2D eigenvalue weighted by atomic mass is 10.1. The zero-order valence-electron chi connectivity index (χ0n) is 18.3. The summed E-state index contributed by atoms with van der Waals surface area (Å²) < 4.78 is 33.0. The van der Waals surface area contributed by atoms with Crippen molar-refractivity contribution in [3.8, 4) is 5.75 Å². The molecule has 3 aromatic rings. The van der Waals surface area contributed by atoms with Crippen LogP contribution in [0.25, 0.3) is 0 Å². The van der Waals surface area contributed by atoms with Crippen molar-refractivity contribution >= 4 is 21.8 Å².